The first-order chi connectivity index (χ1) is 13.2. The van der Waals surface area contributed by atoms with E-state index in [0.717, 1.165) is 35.3 Å². The molecule has 0 saturated carbocycles. The highest BCUT2D eigenvalue weighted by atomic mass is 32.1. The number of fused-ring (bicyclic) bond motifs is 2. The molecule has 134 valence electrons. The zero-order chi connectivity index (χ0) is 18.4. The van der Waals surface area contributed by atoms with Crippen LogP contribution in [0.25, 0.3) is 21.3 Å². The first-order valence-electron chi connectivity index (χ1n) is 9.07. The van der Waals surface area contributed by atoms with Crippen molar-refractivity contribution < 1.29 is 4.79 Å². The largest absolute Gasteiger partial charge is 0.332 e. The summed E-state index contributed by atoms with van der Waals surface area (Å²) >= 11 is 1.70. The monoisotopic (exact) mass is 373 g/mol. The average molecular weight is 373 g/mol. The van der Waals surface area contributed by atoms with Gasteiger partial charge in [0.1, 0.15) is 0 Å². The van der Waals surface area contributed by atoms with Gasteiger partial charge in [-0.25, -0.2) is 0 Å². The van der Waals surface area contributed by atoms with Crippen LogP contribution in [0.3, 0.4) is 0 Å². The predicted octanol–water partition coefficient (Wildman–Crippen LogP) is 4.50. The van der Waals surface area contributed by atoms with Crippen LogP contribution < -0.4 is 0 Å². The van der Waals surface area contributed by atoms with Crippen molar-refractivity contribution in [1.82, 2.24) is 14.7 Å². The number of hydrogen-bond donors (Lipinski definition) is 0. The lowest BCUT2D eigenvalue weighted by molar-refractivity contribution is 0.0732. The maximum absolute atomic E-state index is 13.0. The van der Waals surface area contributed by atoms with Gasteiger partial charge >= 0.3 is 0 Å². The van der Waals surface area contributed by atoms with Crippen LogP contribution in [-0.2, 0) is 20.0 Å². The quantitative estimate of drug-likeness (QED) is 0.519. The van der Waals surface area contributed by atoms with Gasteiger partial charge in [0.15, 0.2) is 0 Å². The second-order valence-electron chi connectivity index (χ2n) is 6.91. The lowest BCUT2D eigenvalue weighted by Gasteiger charge is -2.26. The van der Waals surface area contributed by atoms with E-state index in [2.05, 4.69) is 23.6 Å². The minimum absolute atomic E-state index is 0.0839. The Morgan fingerprint density at radius 2 is 1.96 bits per heavy atom. The molecule has 0 atom stereocenters. The summed E-state index contributed by atoms with van der Waals surface area (Å²) in [4.78, 5) is 14.9. The summed E-state index contributed by atoms with van der Waals surface area (Å²) in [6, 6.07) is 18.4. The smallest absolute Gasteiger partial charge is 0.254 e. The third-order valence-corrected chi connectivity index (χ3v) is 6.13. The van der Waals surface area contributed by atoms with E-state index in [1.165, 1.54) is 15.8 Å². The van der Waals surface area contributed by atoms with Crippen molar-refractivity contribution >= 4 is 27.3 Å². The fraction of sp³-hybridized carbons (Fsp3) is 0.182. The Hall–Kier alpha value is -2.92. The number of amides is 1. The summed E-state index contributed by atoms with van der Waals surface area (Å²) in [7, 11) is 1.98. The van der Waals surface area contributed by atoms with E-state index in [1.54, 1.807) is 11.3 Å². The molecule has 5 heteroatoms. The fourth-order valence-corrected chi connectivity index (χ4v) is 4.70. The number of rotatable bonds is 2. The topological polar surface area (TPSA) is 38.1 Å². The van der Waals surface area contributed by atoms with Gasteiger partial charge in [-0.05, 0) is 41.5 Å². The standard InChI is InChI=1S/C22H19N3OS/c1-24-21(15-5-3-2-4-6-15)18-9-11-25(14-19(18)23-24)22(26)17-7-8-20-16(13-17)10-12-27-20/h2-8,10,12-13H,9,11,14H2,1H3. The van der Waals surface area contributed by atoms with Crippen molar-refractivity contribution in [2.75, 3.05) is 6.54 Å². The van der Waals surface area contributed by atoms with E-state index in [0.29, 0.717) is 6.54 Å². The SMILES string of the molecule is Cn1nc2c(c1-c1ccccc1)CCN(C(=O)c1ccc3sccc3c1)C2. The van der Waals surface area contributed by atoms with Crippen LogP contribution >= 0.6 is 11.3 Å². The number of thiophene rings is 1. The summed E-state index contributed by atoms with van der Waals surface area (Å²) in [6.45, 7) is 1.29. The minimum atomic E-state index is 0.0839. The van der Waals surface area contributed by atoms with E-state index < -0.39 is 0 Å². The van der Waals surface area contributed by atoms with E-state index in [4.69, 9.17) is 5.10 Å². The third-order valence-electron chi connectivity index (χ3n) is 5.23. The van der Waals surface area contributed by atoms with Crippen LogP contribution in [0.1, 0.15) is 21.6 Å². The Balaban J connectivity index is 1.45. The number of nitrogens with zero attached hydrogens (tertiary/aromatic N) is 3. The first-order valence-corrected chi connectivity index (χ1v) is 9.95. The molecule has 0 bridgehead atoms. The zero-order valence-corrected chi connectivity index (χ0v) is 15.9. The number of aryl methyl sites for hydroxylation is 1. The number of carbonyl (C=O) groups is 1. The Morgan fingerprint density at radius 1 is 1.11 bits per heavy atom. The van der Waals surface area contributed by atoms with Crippen LogP contribution in [0.4, 0.5) is 0 Å². The minimum Gasteiger partial charge on any atom is -0.332 e. The van der Waals surface area contributed by atoms with Crippen molar-refractivity contribution in [2.24, 2.45) is 7.05 Å². The highest BCUT2D eigenvalue weighted by Gasteiger charge is 2.27. The molecule has 0 spiro atoms. The predicted molar refractivity (Wildman–Crippen MR) is 109 cm³/mol. The maximum atomic E-state index is 13.0. The molecule has 0 saturated heterocycles. The molecule has 0 unspecified atom stereocenters. The Labute approximate surface area is 161 Å². The molecular formula is C22H19N3OS. The molecule has 4 nitrogen and oxygen atoms in total. The van der Waals surface area contributed by atoms with Gasteiger partial charge in [0.05, 0.1) is 17.9 Å². The van der Waals surface area contributed by atoms with Gasteiger partial charge in [-0.3, -0.25) is 9.48 Å². The summed E-state index contributed by atoms with van der Waals surface area (Å²) in [6.07, 6.45) is 0.833. The normalized spacial score (nSPS) is 13.7. The molecule has 0 radical (unpaired) electrons. The highest BCUT2D eigenvalue weighted by Crippen LogP contribution is 2.30. The molecular weight excluding hydrogens is 354 g/mol. The molecule has 1 amide bonds. The number of carbonyl (C=O) groups excluding carboxylic acids is 1. The Bertz CT molecular complexity index is 1140. The van der Waals surface area contributed by atoms with Gasteiger partial charge < -0.3 is 4.90 Å². The molecule has 1 aliphatic rings. The summed E-state index contributed by atoms with van der Waals surface area (Å²) < 4.78 is 3.16. The van der Waals surface area contributed by atoms with Crippen molar-refractivity contribution in [3.63, 3.8) is 0 Å². The van der Waals surface area contributed by atoms with E-state index in [9.17, 15) is 4.79 Å². The van der Waals surface area contributed by atoms with Gasteiger partial charge in [-0.15, -0.1) is 11.3 Å². The van der Waals surface area contributed by atoms with Gasteiger partial charge in [0.25, 0.3) is 5.91 Å². The zero-order valence-electron chi connectivity index (χ0n) is 15.1. The van der Waals surface area contributed by atoms with Crippen molar-refractivity contribution in [3.05, 3.63) is 76.8 Å². The van der Waals surface area contributed by atoms with Crippen molar-refractivity contribution in [1.29, 1.82) is 0 Å². The second kappa shape index (κ2) is 6.35. The lowest BCUT2D eigenvalue weighted by Crippen LogP contribution is -2.35. The van der Waals surface area contributed by atoms with Gasteiger partial charge in [0, 0.05) is 35.0 Å². The van der Waals surface area contributed by atoms with E-state index >= 15 is 0 Å². The molecule has 0 N–H and O–H groups in total. The van der Waals surface area contributed by atoms with Gasteiger partial charge in [0.2, 0.25) is 0 Å². The van der Waals surface area contributed by atoms with Crippen molar-refractivity contribution in [3.8, 4) is 11.3 Å². The first kappa shape index (κ1) is 16.3. The van der Waals surface area contributed by atoms with E-state index in [1.807, 2.05) is 53.0 Å². The molecule has 0 aliphatic carbocycles. The van der Waals surface area contributed by atoms with Crippen LogP contribution in [-0.4, -0.2) is 27.1 Å². The Kier molecular flexibility index (Phi) is 3.83. The van der Waals surface area contributed by atoms with Crippen LogP contribution in [0.2, 0.25) is 0 Å². The molecule has 2 aromatic carbocycles. The summed E-state index contributed by atoms with van der Waals surface area (Å²) in [5, 5.41) is 7.91. The Morgan fingerprint density at radius 3 is 2.81 bits per heavy atom. The molecule has 5 rings (SSSR count). The number of aromatic nitrogens is 2. The molecule has 1 aliphatic heterocycles. The third kappa shape index (κ3) is 2.75. The molecule has 2 aromatic heterocycles. The number of benzene rings is 2. The van der Waals surface area contributed by atoms with Crippen LogP contribution in [0.5, 0.6) is 0 Å². The fourth-order valence-electron chi connectivity index (χ4n) is 3.93. The number of hydrogen-bond acceptors (Lipinski definition) is 3. The van der Waals surface area contributed by atoms with Gasteiger partial charge in [-0.1, -0.05) is 30.3 Å². The van der Waals surface area contributed by atoms with Crippen LogP contribution in [0, 0.1) is 0 Å². The summed E-state index contributed by atoms with van der Waals surface area (Å²) in [5.41, 5.74) is 5.37. The van der Waals surface area contributed by atoms with Crippen LogP contribution in [0.15, 0.2) is 60.0 Å². The lowest BCUT2D eigenvalue weighted by atomic mass is 9.99. The molecule has 4 aromatic rings. The van der Waals surface area contributed by atoms with E-state index in [-0.39, 0.29) is 5.91 Å². The molecule has 3 heterocycles. The highest BCUT2D eigenvalue weighted by molar-refractivity contribution is 7.17. The van der Waals surface area contributed by atoms with Gasteiger partial charge in [-0.2, -0.15) is 5.10 Å². The molecule has 27 heavy (non-hydrogen) atoms. The maximum Gasteiger partial charge on any atom is 0.254 e. The average Bonchev–Trinajstić information content (AvgIpc) is 3.30. The molecule has 0 fully saturated rings. The van der Waals surface area contributed by atoms with Crippen molar-refractivity contribution in [2.45, 2.75) is 13.0 Å². The summed E-state index contributed by atoms with van der Waals surface area (Å²) in [5.74, 6) is 0.0839. The second-order valence-corrected chi connectivity index (χ2v) is 7.86.